The van der Waals surface area contributed by atoms with Crippen molar-refractivity contribution in [2.75, 3.05) is 0 Å². The van der Waals surface area contributed by atoms with E-state index in [0.717, 1.165) is 46.4 Å². The minimum absolute atomic E-state index is 0.0547. The summed E-state index contributed by atoms with van der Waals surface area (Å²) >= 11 is 0. The molecule has 0 aliphatic heterocycles. The number of rotatable bonds is 9. The summed E-state index contributed by atoms with van der Waals surface area (Å²) in [5, 5.41) is 14.5. The van der Waals surface area contributed by atoms with Crippen LogP contribution in [0, 0.1) is 0 Å². The normalized spacial score (nSPS) is 11.3. The van der Waals surface area contributed by atoms with Crippen LogP contribution in [0.3, 0.4) is 0 Å². The van der Waals surface area contributed by atoms with E-state index in [1.807, 2.05) is 59.3 Å². The Morgan fingerprint density at radius 3 is 2.36 bits per heavy atom. The first-order valence-corrected chi connectivity index (χ1v) is 13.3. The average molecular weight is 521 g/mol. The molecule has 3 aromatic carbocycles. The lowest BCUT2D eigenvalue weighted by molar-refractivity contribution is 0.101. The monoisotopic (exact) mass is 520 g/mol. The van der Waals surface area contributed by atoms with Crippen molar-refractivity contribution in [2.45, 2.75) is 53.0 Å². The number of ketones is 1. The van der Waals surface area contributed by atoms with Gasteiger partial charge in [-0.3, -0.25) is 13.9 Å². The Morgan fingerprint density at radius 2 is 1.72 bits per heavy atom. The van der Waals surface area contributed by atoms with E-state index in [0.29, 0.717) is 23.6 Å². The van der Waals surface area contributed by atoms with Crippen molar-refractivity contribution in [3.05, 3.63) is 106 Å². The molecule has 0 atom stereocenters. The van der Waals surface area contributed by atoms with E-state index >= 15 is 0 Å². The van der Waals surface area contributed by atoms with Gasteiger partial charge in [0.2, 0.25) is 5.82 Å². The zero-order chi connectivity index (χ0) is 27.5. The van der Waals surface area contributed by atoms with Crippen LogP contribution in [-0.2, 0) is 13.0 Å². The van der Waals surface area contributed by atoms with Gasteiger partial charge >= 0.3 is 5.69 Å². The summed E-state index contributed by atoms with van der Waals surface area (Å²) in [7, 11) is 0. The molecular weight excluding hydrogens is 488 g/mol. The zero-order valence-corrected chi connectivity index (χ0v) is 22.7. The molecule has 5 rings (SSSR count). The van der Waals surface area contributed by atoms with Gasteiger partial charge in [0.05, 0.1) is 12.2 Å². The van der Waals surface area contributed by atoms with Gasteiger partial charge in [-0.15, -0.1) is 10.2 Å². The van der Waals surface area contributed by atoms with Crippen LogP contribution in [0.15, 0.2) is 77.7 Å². The molecule has 5 aromatic rings. The van der Waals surface area contributed by atoms with Crippen molar-refractivity contribution in [1.29, 1.82) is 0 Å². The minimum Gasteiger partial charge on any atom is -0.294 e. The van der Waals surface area contributed by atoms with E-state index < -0.39 is 0 Å². The number of tetrazole rings is 1. The van der Waals surface area contributed by atoms with Gasteiger partial charge in [-0.05, 0) is 52.8 Å². The van der Waals surface area contributed by atoms with E-state index in [-0.39, 0.29) is 17.4 Å². The summed E-state index contributed by atoms with van der Waals surface area (Å²) in [6, 6.07) is 21.8. The van der Waals surface area contributed by atoms with E-state index in [2.05, 4.69) is 53.5 Å². The Labute approximate surface area is 227 Å². The summed E-state index contributed by atoms with van der Waals surface area (Å²) in [5.41, 5.74) is 6.97. The Hall–Kier alpha value is -4.59. The van der Waals surface area contributed by atoms with Gasteiger partial charge in [-0.25, -0.2) is 4.79 Å². The molecule has 0 aliphatic carbocycles. The third-order valence-corrected chi connectivity index (χ3v) is 7.00. The minimum atomic E-state index is -0.138. The first-order valence-electron chi connectivity index (χ1n) is 13.3. The Bertz CT molecular complexity index is 1660. The SMILES string of the molecule is CCCc1cn(-c2c(C(C)=O)cccc2C(C)C)c(=O)n1Cc1ccc(-c2ccccc2-c2nn[nH]n2)cc1. The molecule has 0 unspecified atom stereocenters. The summed E-state index contributed by atoms with van der Waals surface area (Å²) < 4.78 is 3.50. The van der Waals surface area contributed by atoms with E-state index in [4.69, 9.17) is 0 Å². The second kappa shape index (κ2) is 11.0. The average Bonchev–Trinajstić information content (AvgIpc) is 3.58. The molecule has 0 fully saturated rings. The molecule has 0 aliphatic rings. The smallest absolute Gasteiger partial charge is 0.294 e. The van der Waals surface area contributed by atoms with Crippen molar-refractivity contribution in [3.63, 3.8) is 0 Å². The lowest BCUT2D eigenvalue weighted by Crippen LogP contribution is -2.26. The fraction of sp³-hybridized carbons (Fsp3) is 0.258. The standard InChI is InChI=1S/C31H32N6O2/c1-5-9-24-19-37(29-25(20(2)3)12-8-13-26(29)21(4)38)31(39)36(24)18-22-14-16-23(17-15-22)27-10-6-7-11-28(27)30-32-34-35-33-30/h6-8,10-17,19-20H,5,9,18H2,1-4H3,(H,32,33,34,35). The largest absolute Gasteiger partial charge is 0.333 e. The number of benzene rings is 3. The van der Waals surface area contributed by atoms with Crippen LogP contribution in [0.2, 0.25) is 0 Å². The lowest BCUT2D eigenvalue weighted by atomic mass is 9.96. The van der Waals surface area contributed by atoms with Crippen LogP contribution in [-0.4, -0.2) is 35.5 Å². The molecular formula is C31H32N6O2. The van der Waals surface area contributed by atoms with Crippen molar-refractivity contribution in [2.24, 2.45) is 0 Å². The van der Waals surface area contributed by atoms with Crippen molar-refractivity contribution < 1.29 is 4.79 Å². The molecule has 0 bridgehead atoms. The van der Waals surface area contributed by atoms with Crippen LogP contribution in [0.4, 0.5) is 0 Å². The molecule has 1 N–H and O–H groups in total. The molecule has 2 heterocycles. The van der Waals surface area contributed by atoms with Gasteiger partial charge in [0.1, 0.15) is 0 Å². The van der Waals surface area contributed by atoms with Gasteiger partial charge in [-0.2, -0.15) is 5.21 Å². The first kappa shape index (κ1) is 26.0. The van der Waals surface area contributed by atoms with Gasteiger partial charge in [0.15, 0.2) is 5.78 Å². The Morgan fingerprint density at radius 1 is 0.974 bits per heavy atom. The van der Waals surface area contributed by atoms with Crippen LogP contribution in [0.5, 0.6) is 0 Å². The number of imidazole rings is 1. The van der Waals surface area contributed by atoms with Crippen LogP contribution in [0.1, 0.15) is 67.2 Å². The molecule has 0 spiro atoms. The molecule has 8 nitrogen and oxygen atoms in total. The second-order valence-corrected chi connectivity index (χ2v) is 10.0. The van der Waals surface area contributed by atoms with Crippen molar-refractivity contribution >= 4 is 5.78 Å². The number of aromatic nitrogens is 6. The maximum Gasteiger partial charge on any atom is 0.333 e. The highest BCUT2D eigenvalue weighted by Crippen LogP contribution is 2.30. The number of H-pyrrole nitrogens is 1. The van der Waals surface area contributed by atoms with Crippen LogP contribution < -0.4 is 5.69 Å². The molecule has 39 heavy (non-hydrogen) atoms. The van der Waals surface area contributed by atoms with Gasteiger partial charge < -0.3 is 0 Å². The van der Waals surface area contributed by atoms with Gasteiger partial charge in [0.25, 0.3) is 0 Å². The molecule has 0 radical (unpaired) electrons. The number of nitrogens with one attached hydrogen (secondary N) is 1. The highest BCUT2D eigenvalue weighted by atomic mass is 16.2. The topological polar surface area (TPSA) is 98.5 Å². The molecule has 8 heteroatoms. The van der Waals surface area contributed by atoms with Crippen molar-refractivity contribution in [1.82, 2.24) is 29.8 Å². The number of carbonyl (C=O) groups is 1. The zero-order valence-electron chi connectivity index (χ0n) is 22.7. The predicted octanol–water partition coefficient (Wildman–Crippen LogP) is 5.81. The van der Waals surface area contributed by atoms with E-state index in [1.54, 1.807) is 17.6 Å². The third kappa shape index (κ3) is 5.10. The fourth-order valence-electron chi connectivity index (χ4n) is 5.07. The predicted molar refractivity (Wildman–Crippen MR) is 152 cm³/mol. The molecule has 2 aromatic heterocycles. The van der Waals surface area contributed by atoms with E-state index in [1.165, 1.54) is 0 Å². The number of aromatic amines is 1. The van der Waals surface area contributed by atoms with Gasteiger partial charge in [-0.1, -0.05) is 87.9 Å². The summed E-state index contributed by atoms with van der Waals surface area (Å²) in [4.78, 5) is 26.4. The van der Waals surface area contributed by atoms with Gasteiger partial charge in [0, 0.05) is 23.0 Å². The maximum atomic E-state index is 13.9. The summed E-state index contributed by atoms with van der Waals surface area (Å²) in [6.07, 6.45) is 3.58. The number of para-hydroxylation sites is 1. The fourth-order valence-corrected chi connectivity index (χ4v) is 5.07. The highest BCUT2D eigenvalue weighted by Gasteiger charge is 2.21. The number of hydrogen-bond donors (Lipinski definition) is 1. The molecule has 0 amide bonds. The Balaban J connectivity index is 1.53. The lowest BCUT2D eigenvalue weighted by Gasteiger charge is -2.16. The number of aryl methyl sites for hydroxylation is 1. The highest BCUT2D eigenvalue weighted by molar-refractivity contribution is 5.98. The summed E-state index contributed by atoms with van der Waals surface area (Å²) in [5.74, 6) is 0.645. The third-order valence-electron chi connectivity index (χ3n) is 7.00. The molecule has 0 saturated carbocycles. The first-order chi connectivity index (χ1) is 18.9. The molecule has 0 saturated heterocycles. The molecule has 198 valence electrons. The number of nitrogens with zero attached hydrogens (tertiary/aromatic N) is 5. The second-order valence-electron chi connectivity index (χ2n) is 10.0. The van der Waals surface area contributed by atoms with Crippen LogP contribution in [0.25, 0.3) is 28.2 Å². The van der Waals surface area contributed by atoms with E-state index in [9.17, 15) is 9.59 Å². The number of hydrogen-bond acceptors (Lipinski definition) is 5. The van der Waals surface area contributed by atoms with Crippen LogP contribution >= 0.6 is 0 Å². The maximum absolute atomic E-state index is 13.9. The Kier molecular flexibility index (Phi) is 7.36. The number of Topliss-reactive ketones (excluding diaryl/α,β-unsaturated/α-hetero) is 1. The van der Waals surface area contributed by atoms with Crippen molar-refractivity contribution in [3.8, 4) is 28.2 Å². The number of carbonyl (C=O) groups excluding carboxylic acids is 1. The summed E-state index contributed by atoms with van der Waals surface area (Å²) in [6.45, 7) is 8.25. The quantitative estimate of drug-likeness (QED) is 0.247.